The maximum Gasteiger partial charge on any atom is 0.106 e. The Kier molecular flexibility index (Phi) is 3.07. The van der Waals surface area contributed by atoms with Crippen LogP contribution in [0.3, 0.4) is 0 Å². The monoisotopic (exact) mass is 241 g/mol. The van der Waals surface area contributed by atoms with Gasteiger partial charge < -0.3 is 15.5 Å². The highest BCUT2D eigenvalue weighted by molar-refractivity contribution is 5.71. The quantitative estimate of drug-likeness (QED) is 0.789. The maximum atomic E-state index is 3.57. The highest BCUT2D eigenvalue weighted by Gasteiger charge is 2.14. The van der Waals surface area contributed by atoms with Crippen LogP contribution in [-0.4, -0.2) is 31.1 Å². The molecular weight excluding hydrogens is 222 g/mol. The van der Waals surface area contributed by atoms with Gasteiger partial charge in [0.2, 0.25) is 0 Å². The standard InChI is InChI=1S/C15H19N3/c1-12-5-6-13-3-2-4-15(17-14(13)11-12)18-9-7-16-8-10-18/h2-6,11,16-17H,7-10H2,1H3. The molecular formula is C15H19N3. The van der Waals surface area contributed by atoms with Gasteiger partial charge in [-0.25, -0.2) is 0 Å². The predicted octanol–water partition coefficient (Wildman–Crippen LogP) is 2.18. The van der Waals surface area contributed by atoms with Crippen molar-refractivity contribution in [2.75, 3.05) is 31.5 Å². The molecule has 18 heavy (non-hydrogen) atoms. The van der Waals surface area contributed by atoms with Gasteiger partial charge in [0.05, 0.1) is 0 Å². The lowest BCUT2D eigenvalue weighted by molar-refractivity contribution is 0.302. The molecule has 3 heteroatoms. The van der Waals surface area contributed by atoms with Gasteiger partial charge in [0, 0.05) is 31.9 Å². The second-order valence-electron chi connectivity index (χ2n) is 4.86. The SMILES string of the molecule is Cc1ccc2c(c1)NC(N1CCNCC1)=CC=C2. The summed E-state index contributed by atoms with van der Waals surface area (Å²) in [6.07, 6.45) is 6.46. The number of aryl methyl sites for hydroxylation is 1. The van der Waals surface area contributed by atoms with Gasteiger partial charge in [0.1, 0.15) is 5.82 Å². The molecule has 1 aromatic rings. The van der Waals surface area contributed by atoms with Crippen LogP contribution in [0.2, 0.25) is 0 Å². The molecule has 2 aliphatic rings. The van der Waals surface area contributed by atoms with E-state index in [9.17, 15) is 0 Å². The Morgan fingerprint density at radius 3 is 2.83 bits per heavy atom. The van der Waals surface area contributed by atoms with Crippen LogP contribution in [0.15, 0.2) is 36.2 Å². The van der Waals surface area contributed by atoms with E-state index < -0.39 is 0 Å². The first-order valence-electron chi connectivity index (χ1n) is 6.55. The summed E-state index contributed by atoms with van der Waals surface area (Å²) in [6, 6.07) is 6.53. The highest BCUT2D eigenvalue weighted by atomic mass is 15.3. The average Bonchev–Trinajstić information content (AvgIpc) is 2.61. The lowest BCUT2D eigenvalue weighted by Gasteiger charge is -2.31. The van der Waals surface area contributed by atoms with Crippen molar-refractivity contribution in [3.63, 3.8) is 0 Å². The Bertz CT molecular complexity index is 496. The first kappa shape index (κ1) is 11.4. The Morgan fingerprint density at radius 1 is 1.17 bits per heavy atom. The molecule has 3 nitrogen and oxygen atoms in total. The van der Waals surface area contributed by atoms with Gasteiger partial charge in [-0.1, -0.05) is 24.3 Å². The van der Waals surface area contributed by atoms with Crippen molar-refractivity contribution in [2.45, 2.75) is 6.92 Å². The second kappa shape index (κ2) is 4.86. The van der Waals surface area contributed by atoms with Crippen LogP contribution < -0.4 is 10.6 Å². The summed E-state index contributed by atoms with van der Waals surface area (Å²) in [5, 5.41) is 6.95. The molecule has 1 saturated heterocycles. The second-order valence-corrected chi connectivity index (χ2v) is 4.86. The fourth-order valence-corrected chi connectivity index (χ4v) is 2.44. The van der Waals surface area contributed by atoms with Gasteiger partial charge in [-0.3, -0.25) is 0 Å². The zero-order chi connectivity index (χ0) is 12.4. The van der Waals surface area contributed by atoms with E-state index in [-0.39, 0.29) is 0 Å². The topological polar surface area (TPSA) is 27.3 Å². The fourth-order valence-electron chi connectivity index (χ4n) is 2.44. The van der Waals surface area contributed by atoms with Crippen molar-refractivity contribution >= 4 is 11.8 Å². The molecule has 0 aliphatic carbocycles. The molecule has 2 aliphatic heterocycles. The summed E-state index contributed by atoms with van der Waals surface area (Å²) in [5.74, 6) is 1.21. The number of nitrogens with zero attached hydrogens (tertiary/aromatic N) is 1. The van der Waals surface area contributed by atoms with E-state index in [2.05, 4.69) is 58.9 Å². The van der Waals surface area contributed by atoms with E-state index in [1.54, 1.807) is 0 Å². The van der Waals surface area contributed by atoms with Crippen molar-refractivity contribution in [1.29, 1.82) is 0 Å². The molecule has 3 rings (SSSR count). The third-order valence-electron chi connectivity index (χ3n) is 3.46. The normalized spacial score (nSPS) is 18.7. The maximum absolute atomic E-state index is 3.57. The number of anilines is 1. The molecule has 0 radical (unpaired) electrons. The van der Waals surface area contributed by atoms with Crippen LogP contribution in [0.1, 0.15) is 11.1 Å². The van der Waals surface area contributed by atoms with E-state index in [1.807, 2.05) is 0 Å². The number of allylic oxidation sites excluding steroid dienone is 2. The summed E-state index contributed by atoms with van der Waals surface area (Å²) < 4.78 is 0. The van der Waals surface area contributed by atoms with E-state index in [0.717, 1.165) is 26.2 Å². The van der Waals surface area contributed by atoms with Gasteiger partial charge in [-0.15, -0.1) is 0 Å². The first-order chi connectivity index (χ1) is 8.83. The number of hydrogen-bond acceptors (Lipinski definition) is 3. The van der Waals surface area contributed by atoms with E-state index in [1.165, 1.54) is 22.6 Å². The molecule has 0 aromatic heterocycles. The fraction of sp³-hybridized carbons (Fsp3) is 0.333. The van der Waals surface area contributed by atoms with Crippen LogP contribution in [0.25, 0.3) is 6.08 Å². The summed E-state index contributed by atoms with van der Waals surface area (Å²) >= 11 is 0. The number of piperazine rings is 1. The van der Waals surface area contributed by atoms with Gasteiger partial charge in [-0.2, -0.15) is 0 Å². The minimum atomic E-state index is 1.06. The van der Waals surface area contributed by atoms with Gasteiger partial charge in [0.25, 0.3) is 0 Å². The van der Waals surface area contributed by atoms with Gasteiger partial charge >= 0.3 is 0 Å². The van der Waals surface area contributed by atoms with Crippen molar-refractivity contribution in [2.24, 2.45) is 0 Å². The predicted molar refractivity (Wildman–Crippen MR) is 76.4 cm³/mol. The smallest absolute Gasteiger partial charge is 0.106 e. The molecule has 0 unspecified atom stereocenters. The number of fused-ring (bicyclic) bond motifs is 1. The Labute approximate surface area is 108 Å². The summed E-state index contributed by atoms with van der Waals surface area (Å²) in [7, 11) is 0. The third-order valence-corrected chi connectivity index (χ3v) is 3.46. The molecule has 94 valence electrons. The Balaban J connectivity index is 1.87. The van der Waals surface area contributed by atoms with E-state index in [4.69, 9.17) is 0 Å². The van der Waals surface area contributed by atoms with Crippen molar-refractivity contribution in [3.05, 3.63) is 47.3 Å². The number of benzene rings is 1. The first-order valence-corrected chi connectivity index (χ1v) is 6.55. The largest absolute Gasteiger partial charge is 0.356 e. The lowest BCUT2D eigenvalue weighted by atomic mass is 10.1. The summed E-state index contributed by atoms with van der Waals surface area (Å²) in [6.45, 7) is 6.37. The van der Waals surface area contributed by atoms with Crippen LogP contribution in [0.5, 0.6) is 0 Å². The van der Waals surface area contributed by atoms with Crippen molar-refractivity contribution < 1.29 is 0 Å². The third kappa shape index (κ3) is 2.27. The van der Waals surface area contributed by atoms with Crippen molar-refractivity contribution in [3.8, 4) is 0 Å². The van der Waals surface area contributed by atoms with Crippen molar-refractivity contribution in [1.82, 2.24) is 10.2 Å². The zero-order valence-electron chi connectivity index (χ0n) is 10.7. The highest BCUT2D eigenvalue weighted by Crippen LogP contribution is 2.24. The molecule has 1 aromatic carbocycles. The molecule has 0 bridgehead atoms. The summed E-state index contributed by atoms with van der Waals surface area (Å²) in [4.78, 5) is 2.40. The number of nitrogens with one attached hydrogen (secondary N) is 2. The number of hydrogen-bond donors (Lipinski definition) is 2. The Morgan fingerprint density at radius 2 is 2.00 bits per heavy atom. The molecule has 2 heterocycles. The van der Waals surface area contributed by atoms with Crippen LogP contribution in [0.4, 0.5) is 5.69 Å². The Hall–Kier alpha value is -1.74. The molecule has 0 saturated carbocycles. The van der Waals surface area contributed by atoms with E-state index in [0.29, 0.717) is 0 Å². The average molecular weight is 241 g/mol. The molecule has 0 spiro atoms. The van der Waals surface area contributed by atoms with Crippen LogP contribution in [-0.2, 0) is 0 Å². The molecule has 1 fully saturated rings. The number of rotatable bonds is 1. The zero-order valence-corrected chi connectivity index (χ0v) is 10.7. The lowest BCUT2D eigenvalue weighted by Crippen LogP contribution is -2.44. The van der Waals surface area contributed by atoms with Crippen LogP contribution in [0, 0.1) is 6.92 Å². The molecule has 0 amide bonds. The molecule has 0 atom stereocenters. The van der Waals surface area contributed by atoms with E-state index >= 15 is 0 Å². The van der Waals surface area contributed by atoms with Gasteiger partial charge in [-0.05, 0) is 30.2 Å². The molecule has 2 N–H and O–H groups in total. The minimum absolute atomic E-state index is 1.06. The summed E-state index contributed by atoms with van der Waals surface area (Å²) in [5.41, 5.74) is 3.74. The minimum Gasteiger partial charge on any atom is -0.356 e. The van der Waals surface area contributed by atoms with Crippen LogP contribution >= 0.6 is 0 Å². The van der Waals surface area contributed by atoms with Gasteiger partial charge in [0.15, 0.2) is 0 Å².